The Bertz CT molecular complexity index is 504. The van der Waals surface area contributed by atoms with Crippen molar-refractivity contribution in [1.82, 2.24) is 4.90 Å². The highest BCUT2D eigenvalue weighted by molar-refractivity contribution is 6.30. The summed E-state index contributed by atoms with van der Waals surface area (Å²) in [6.45, 7) is 0.308. The van der Waals surface area contributed by atoms with Crippen LogP contribution in [0.25, 0.3) is 0 Å². The molecular weight excluding hydrogens is 264 g/mol. The number of aliphatic hydroxyl groups excluding tert-OH is 1. The number of nitrogens with one attached hydrogen (secondary N) is 1. The topological polar surface area (TPSA) is 52.6 Å². The minimum absolute atomic E-state index is 0.00981. The number of rotatable bonds is 4. The predicted octanol–water partition coefficient (Wildman–Crippen LogP) is 1.57. The van der Waals surface area contributed by atoms with Crippen LogP contribution in [-0.2, 0) is 4.79 Å². The van der Waals surface area contributed by atoms with Gasteiger partial charge in [0.05, 0.1) is 18.8 Å². The first-order chi connectivity index (χ1) is 9.02. The van der Waals surface area contributed by atoms with Crippen LogP contribution in [0.4, 0.5) is 5.69 Å². The molecule has 0 unspecified atom stereocenters. The molecular formula is C14H17ClN2O2. The summed E-state index contributed by atoms with van der Waals surface area (Å²) in [5.74, 6) is 5.59. The third-order valence-corrected chi connectivity index (χ3v) is 2.41. The molecule has 0 aliphatic heterocycles. The van der Waals surface area contributed by atoms with Crippen molar-refractivity contribution in [2.75, 3.05) is 32.6 Å². The quantitative estimate of drug-likeness (QED) is 0.824. The second-order valence-corrected chi connectivity index (χ2v) is 4.69. The Morgan fingerprint density at radius 2 is 2.21 bits per heavy atom. The first-order valence-electron chi connectivity index (χ1n) is 5.87. The zero-order valence-electron chi connectivity index (χ0n) is 11.0. The van der Waals surface area contributed by atoms with E-state index < -0.39 is 0 Å². The second kappa shape index (κ2) is 7.80. The van der Waals surface area contributed by atoms with E-state index in [0.717, 1.165) is 0 Å². The van der Waals surface area contributed by atoms with E-state index in [1.807, 2.05) is 14.1 Å². The SMILES string of the molecule is CN(C)CC(=O)Nc1ccc(Cl)cc1C#CCCO. The van der Waals surface area contributed by atoms with E-state index >= 15 is 0 Å². The van der Waals surface area contributed by atoms with Gasteiger partial charge in [-0.25, -0.2) is 0 Å². The number of hydrogen-bond acceptors (Lipinski definition) is 3. The molecule has 102 valence electrons. The first-order valence-corrected chi connectivity index (χ1v) is 6.24. The molecule has 0 saturated heterocycles. The average molecular weight is 281 g/mol. The van der Waals surface area contributed by atoms with Gasteiger partial charge in [-0.1, -0.05) is 23.4 Å². The third-order valence-electron chi connectivity index (χ3n) is 2.18. The van der Waals surface area contributed by atoms with E-state index in [9.17, 15) is 4.79 Å². The minimum atomic E-state index is -0.113. The number of carbonyl (C=O) groups is 1. The Morgan fingerprint density at radius 3 is 2.84 bits per heavy atom. The summed E-state index contributed by atoms with van der Waals surface area (Å²) in [4.78, 5) is 13.5. The normalized spacial score (nSPS) is 9.95. The van der Waals surface area contributed by atoms with Gasteiger partial charge in [-0.15, -0.1) is 0 Å². The Morgan fingerprint density at radius 1 is 1.47 bits per heavy atom. The number of hydrogen-bond donors (Lipinski definition) is 2. The first kappa shape index (κ1) is 15.5. The van der Waals surface area contributed by atoms with Crippen LogP contribution < -0.4 is 5.32 Å². The summed E-state index contributed by atoms with van der Waals surface area (Å²) >= 11 is 5.91. The van der Waals surface area contributed by atoms with E-state index in [1.54, 1.807) is 23.1 Å². The fourth-order valence-corrected chi connectivity index (χ4v) is 1.59. The molecule has 0 bridgehead atoms. The van der Waals surface area contributed by atoms with Crippen molar-refractivity contribution < 1.29 is 9.90 Å². The standard InChI is InChI=1S/C14H17ClN2O2/c1-17(2)10-14(19)16-13-7-6-12(15)9-11(13)5-3-4-8-18/h6-7,9,18H,4,8,10H2,1-2H3,(H,16,19). The van der Waals surface area contributed by atoms with Crippen LogP contribution >= 0.6 is 11.6 Å². The third kappa shape index (κ3) is 5.75. The molecule has 0 radical (unpaired) electrons. The van der Waals surface area contributed by atoms with Crippen LogP contribution in [-0.4, -0.2) is 43.2 Å². The Balaban J connectivity index is 2.88. The molecule has 1 aromatic rings. The number of likely N-dealkylation sites (N-methyl/N-ethyl adjacent to an activating group) is 1. The number of aliphatic hydroxyl groups is 1. The summed E-state index contributed by atoms with van der Waals surface area (Å²) in [5.41, 5.74) is 1.27. The zero-order valence-corrected chi connectivity index (χ0v) is 11.8. The molecule has 0 heterocycles. The zero-order chi connectivity index (χ0) is 14.3. The molecule has 1 amide bonds. The van der Waals surface area contributed by atoms with E-state index in [2.05, 4.69) is 17.2 Å². The maximum Gasteiger partial charge on any atom is 0.238 e. The summed E-state index contributed by atoms with van der Waals surface area (Å²) < 4.78 is 0. The molecule has 0 saturated carbocycles. The lowest BCUT2D eigenvalue weighted by molar-refractivity contribution is -0.116. The lowest BCUT2D eigenvalue weighted by Crippen LogP contribution is -2.27. The lowest BCUT2D eigenvalue weighted by Gasteiger charge is -2.11. The van der Waals surface area contributed by atoms with E-state index in [4.69, 9.17) is 16.7 Å². The van der Waals surface area contributed by atoms with Crippen molar-refractivity contribution >= 4 is 23.2 Å². The van der Waals surface area contributed by atoms with E-state index in [-0.39, 0.29) is 12.5 Å². The highest BCUT2D eigenvalue weighted by atomic mass is 35.5. The fourth-order valence-electron chi connectivity index (χ4n) is 1.42. The molecule has 0 spiro atoms. The van der Waals surface area contributed by atoms with Crippen molar-refractivity contribution in [1.29, 1.82) is 0 Å². The smallest absolute Gasteiger partial charge is 0.238 e. The van der Waals surface area contributed by atoms with Gasteiger partial charge < -0.3 is 15.3 Å². The van der Waals surface area contributed by atoms with Gasteiger partial charge in [0.25, 0.3) is 0 Å². The van der Waals surface area contributed by atoms with Gasteiger partial charge in [0, 0.05) is 17.0 Å². The van der Waals surface area contributed by atoms with E-state index in [0.29, 0.717) is 29.2 Å². The number of nitrogens with zero attached hydrogens (tertiary/aromatic N) is 1. The lowest BCUT2D eigenvalue weighted by atomic mass is 10.1. The van der Waals surface area contributed by atoms with Crippen LogP contribution in [0.5, 0.6) is 0 Å². The number of anilines is 1. The van der Waals surface area contributed by atoms with Crippen molar-refractivity contribution in [2.45, 2.75) is 6.42 Å². The van der Waals surface area contributed by atoms with Crippen LogP contribution in [0, 0.1) is 11.8 Å². The number of benzene rings is 1. The highest BCUT2D eigenvalue weighted by Crippen LogP contribution is 2.19. The molecule has 0 aliphatic rings. The van der Waals surface area contributed by atoms with Crippen molar-refractivity contribution in [3.8, 4) is 11.8 Å². The number of halogens is 1. The van der Waals surface area contributed by atoms with Gasteiger partial charge in [-0.05, 0) is 32.3 Å². The predicted molar refractivity (Wildman–Crippen MR) is 77.2 cm³/mol. The molecule has 4 nitrogen and oxygen atoms in total. The molecule has 19 heavy (non-hydrogen) atoms. The maximum absolute atomic E-state index is 11.7. The summed E-state index contributed by atoms with van der Waals surface area (Å²) in [6, 6.07) is 5.11. The maximum atomic E-state index is 11.7. The number of carbonyl (C=O) groups excluding carboxylic acids is 1. The van der Waals surface area contributed by atoms with Gasteiger partial charge in [-0.3, -0.25) is 4.79 Å². The van der Waals surface area contributed by atoms with Crippen molar-refractivity contribution in [3.05, 3.63) is 28.8 Å². The van der Waals surface area contributed by atoms with Crippen LogP contribution in [0.2, 0.25) is 5.02 Å². The summed E-state index contributed by atoms with van der Waals surface area (Å²) in [5, 5.41) is 12.1. The number of amides is 1. The van der Waals surface area contributed by atoms with Crippen LogP contribution in [0.15, 0.2) is 18.2 Å². The minimum Gasteiger partial charge on any atom is -0.395 e. The van der Waals surface area contributed by atoms with Gasteiger partial charge in [0.1, 0.15) is 0 Å². The molecule has 0 aliphatic carbocycles. The average Bonchev–Trinajstić information content (AvgIpc) is 2.32. The van der Waals surface area contributed by atoms with Crippen molar-refractivity contribution in [2.24, 2.45) is 0 Å². The largest absolute Gasteiger partial charge is 0.395 e. The molecule has 2 N–H and O–H groups in total. The van der Waals surface area contributed by atoms with Gasteiger partial charge in [0.2, 0.25) is 5.91 Å². The van der Waals surface area contributed by atoms with Gasteiger partial charge >= 0.3 is 0 Å². The van der Waals surface area contributed by atoms with Gasteiger partial charge in [0.15, 0.2) is 0 Å². The second-order valence-electron chi connectivity index (χ2n) is 4.25. The summed E-state index contributed by atoms with van der Waals surface area (Å²) in [7, 11) is 3.65. The molecule has 0 aromatic heterocycles. The fraction of sp³-hybridized carbons (Fsp3) is 0.357. The van der Waals surface area contributed by atoms with Crippen molar-refractivity contribution in [3.63, 3.8) is 0 Å². The Labute approximate surface area is 118 Å². The van der Waals surface area contributed by atoms with Gasteiger partial charge in [-0.2, -0.15) is 0 Å². The Hall–Kier alpha value is -1.54. The molecule has 0 fully saturated rings. The van der Waals surface area contributed by atoms with Crippen LogP contribution in [0.1, 0.15) is 12.0 Å². The Kier molecular flexibility index (Phi) is 6.37. The molecule has 1 aromatic carbocycles. The molecule has 0 atom stereocenters. The highest BCUT2D eigenvalue weighted by Gasteiger charge is 2.07. The summed E-state index contributed by atoms with van der Waals surface area (Å²) in [6.07, 6.45) is 0.387. The molecule has 1 rings (SSSR count). The van der Waals surface area contributed by atoms with Crippen LogP contribution in [0.3, 0.4) is 0 Å². The van der Waals surface area contributed by atoms with E-state index in [1.165, 1.54) is 0 Å². The monoisotopic (exact) mass is 280 g/mol. The molecule has 5 heteroatoms.